The topological polar surface area (TPSA) is 108 Å². The van der Waals surface area contributed by atoms with Gasteiger partial charge in [-0.1, -0.05) is 0 Å². The maximum atomic E-state index is 11.1. The zero-order chi connectivity index (χ0) is 21.4. The van der Waals surface area contributed by atoms with Crippen LogP contribution < -0.4 is 0 Å². The van der Waals surface area contributed by atoms with Gasteiger partial charge in [0.15, 0.2) is 0 Å². The molecule has 10 heteroatoms. The van der Waals surface area contributed by atoms with Gasteiger partial charge in [-0.2, -0.15) is 0 Å². The highest BCUT2D eigenvalue weighted by Crippen LogP contribution is 1.89. The lowest BCUT2D eigenvalue weighted by Crippen LogP contribution is -2.15. The molecule has 0 radical (unpaired) electrons. The molecule has 0 rings (SSSR count). The van der Waals surface area contributed by atoms with Gasteiger partial charge in [0, 0.05) is 6.92 Å². The van der Waals surface area contributed by atoms with Crippen molar-refractivity contribution >= 4 is 11.9 Å². The Bertz CT molecular complexity index is 378. The van der Waals surface area contributed by atoms with Crippen molar-refractivity contribution in [3.8, 4) is 0 Å². The van der Waals surface area contributed by atoms with E-state index in [-0.39, 0.29) is 25.0 Å². The van der Waals surface area contributed by atoms with Crippen molar-refractivity contribution in [1.29, 1.82) is 0 Å². The zero-order valence-corrected chi connectivity index (χ0v) is 17.7. The Morgan fingerprint density at radius 3 is 1.21 bits per heavy atom. The Morgan fingerprint density at radius 2 is 0.862 bits per heavy atom. The predicted octanol–water partition coefficient (Wildman–Crippen LogP) is 0.602. The fourth-order valence-corrected chi connectivity index (χ4v) is 1.83. The maximum absolute atomic E-state index is 11.1. The van der Waals surface area contributed by atoms with Crippen LogP contribution in [0.25, 0.3) is 0 Å². The number of rotatable bonds is 22. The standard InChI is InChI=1S/C19H36O10/c1-3-28-19(21)4-5-22-6-7-23-8-9-24-10-11-25-12-13-26-14-15-27-16-17-29-18(2)20/h3-17H2,1-2H3. The van der Waals surface area contributed by atoms with Crippen LogP contribution in [0.15, 0.2) is 0 Å². The van der Waals surface area contributed by atoms with Gasteiger partial charge in [0.2, 0.25) is 0 Å². The van der Waals surface area contributed by atoms with Crippen molar-refractivity contribution in [1.82, 2.24) is 0 Å². The van der Waals surface area contributed by atoms with E-state index < -0.39 is 0 Å². The predicted molar refractivity (Wildman–Crippen MR) is 103 cm³/mol. The lowest BCUT2D eigenvalue weighted by Gasteiger charge is -2.08. The molecule has 0 bridgehead atoms. The molecule has 0 N–H and O–H groups in total. The summed E-state index contributed by atoms with van der Waals surface area (Å²) in [5.41, 5.74) is 0. The van der Waals surface area contributed by atoms with Gasteiger partial charge in [0.05, 0.1) is 92.3 Å². The minimum Gasteiger partial charge on any atom is -0.466 e. The largest absolute Gasteiger partial charge is 0.466 e. The van der Waals surface area contributed by atoms with Crippen molar-refractivity contribution in [2.45, 2.75) is 20.3 Å². The van der Waals surface area contributed by atoms with E-state index >= 15 is 0 Å². The third-order valence-corrected chi connectivity index (χ3v) is 3.15. The van der Waals surface area contributed by atoms with Gasteiger partial charge in [0.25, 0.3) is 0 Å². The van der Waals surface area contributed by atoms with Gasteiger partial charge in [0.1, 0.15) is 6.61 Å². The molecular weight excluding hydrogens is 388 g/mol. The molecule has 0 amide bonds. The van der Waals surface area contributed by atoms with E-state index in [0.29, 0.717) is 85.9 Å². The third kappa shape index (κ3) is 24.7. The Morgan fingerprint density at radius 1 is 0.517 bits per heavy atom. The fourth-order valence-electron chi connectivity index (χ4n) is 1.83. The molecule has 0 spiro atoms. The summed E-state index contributed by atoms with van der Waals surface area (Å²) in [6.07, 6.45) is 0.257. The van der Waals surface area contributed by atoms with Crippen LogP contribution in [0.4, 0.5) is 0 Å². The SMILES string of the molecule is CCOC(=O)CCOCCOCCOCCOCCOCCOCCOC(C)=O. The molecular formula is C19H36O10. The summed E-state index contributed by atoms with van der Waals surface area (Å²) in [5.74, 6) is -0.565. The molecule has 0 heterocycles. The average Bonchev–Trinajstić information content (AvgIpc) is 2.69. The van der Waals surface area contributed by atoms with Crippen LogP contribution in [0.5, 0.6) is 0 Å². The van der Waals surface area contributed by atoms with Crippen molar-refractivity contribution in [3.63, 3.8) is 0 Å². The number of ether oxygens (including phenoxy) is 8. The van der Waals surface area contributed by atoms with Crippen LogP contribution in [0.3, 0.4) is 0 Å². The van der Waals surface area contributed by atoms with Gasteiger partial charge >= 0.3 is 11.9 Å². The first kappa shape index (κ1) is 27.7. The van der Waals surface area contributed by atoms with Crippen molar-refractivity contribution in [3.05, 3.63) is 0 Å². The summed E-state index contributed by atoms with van der Waals surface area (Å²) in [7, 11) is 0. The van der Waals surface area contributed by atoms with Crippen LogP contribution in [0.1, 0.15) is 20.3 Å². The molecule has 0 aromatic rings. The second-order valence-electron chi connectivity index (χ2n) is 5.57. The molecule has 0 aliphatic heterocycles. The molecule has 0 atom stereocenters. The van der Waals surface area contributed by atoms with Gasteiger partial charge in [-0.05, 0) is 6.92 Å². The molecule has 0 saturated carbocycles. The summed E-state index contributed by atoms with van der Waals surface area (Å²) in [4.78, 5) is 21.6. The maximum Gasteiger partial charge on any atom is 0.308 e. The molecule has 10 nitrogen and oxygen atoms in total. The summed E-state index contributed by atoms with van der Waals surface area (Å²) < 4.78 is 41.4. The second kappa shape index (κ2) is 23.0. The van der Waals surface area contributed by atoms with Crippen LogP contribution in [0.2, 0.25) is 0 Å². The van der Waals surface area contributed by atoms with Gasteiger partial charge in [-0.15, -0.1) is 0 Å². The number of hydrogen-bond acceptors (Lipinski definition) is 10. The summed E-state index contributed by atoms with van der Waals surface area (Å²) in [6, 6.07) is 0. The molecule has 0 saturated heterocycles. The van der Waals surface area contributed by atoms with Gasteiger partial charge in [-0.25, -0.2) is 0 Å². The first-order valence-corrected chi connectivity index (χ1v) is 9.92. The Kier molecular flexibility index (Phi) is 22.0. The molecule has 172 valence electrons. The van der Waals surface area contributed by atoms with E-state index in [1.165, 1.54) is 6.92 Å². The molecule has 0 unspecified atom stereocenters. The Balaban J connectivity index is 3.05. The average molecular weight is 424 g/mol. The molecule has 29 heavy (non-hydrogen) atoms. The van der Waals surface area contributed by atoms with Crippen LogP contribution in [-0.4, -0.2) is 104 Å². The molecule has 0 aliphatic carbocycles. The van der Waals surface area contributed by atoms with Crippen LogP contribution >= 0.6 is 0 Å². The number of esters is 2. The normalized spacial score (nSPS) is 10.8. The highest BCUT2D eigenvalue weighted by atomic mass is 16.6. The van der Waals surface area contributed by atoms with E-state index in [1.807, 2.05) is 0 Å². The minimum atomic E-state index is -0.312. The van der Waals surface area contributed by atoms with Crippen molar-refractivity contribution in [2.24, 2.45) is 0 Å². The van der Waals surface area contributed by atoms with Crippen molar-refractivity contribution in [2.75, 3.05) is 92.5 Å². The first-order chi connectivity index (χ1) is 14.2. The van der Waals surface area contributed by atoms with E-state index in [9.17, 15) is 9.59 Å². The molecule has 0 aromatic heterocycles. The zero-order valence-electron chi connectivity index (χ0n) is 17.7. The minimum absolute atomic E-state index is 0.252. The second-order valence-corrected chi connectivity index (χ2v) is 5.57. The molecule has 0 aliphatic rings. The highest BCUT2D eigenvalue weighted by molar-refractivity contribution is 5.69. The van der Waals surface area contributed by atoms with E-state index in [1.54, 1.807) is 6.92 Å². The highest BCUT2D eigenvalue weighted by Gasteiger charge is 2.00. The number of carbonyl (C=O) groups excluding carboxylic acids is 2. The Labute approximate surface area is 173 Å². The van der Waals surface area contributed by atoms with E-state index in [2.05, 4.69) is 0 Å². The monoisotopic (exact) mass is 424 g/mol. The molecule has 0 fully saturated rings. The molecule has 0 aromatic carbocycles. The van der Waals surface area contributed by atoms with E-state index in [4.69, 9.17) is 37.9 Å². The lowest BCUT2D eigenvalue weighted by molar-refractivity contribution is -0.144. The summed E-state index contributed by atoms with van der Waals surface area (Å²) in [6.45, 7) is 9.15. The quantitative estimate of drug-likeness (QED) is 0.181. The van der Waals surface area contributed by atoms with E-state index in [0.717, 1.165) is 0 Å². The van der Waals surface area contributed by atoms with Crippen molar-refractivity contribution < 1.29 is 47.5 Å². The smallest absolute Gasteiger partial charge is 0.308 e. The van der Waals surface area contributed by atoms with Crippen LogP contribution in [-0.2, 0) is 47.5 Å². The van der Waals surface area contributed by atoms with Gasteiger partial charge < -0.3 is 37.9 Å². The summed E-state index contributed by atoms with van der Waals surface area (Å²) in [5, 5.41) is 0. The number of hydrogen-bond donors (Lipinski definition) is 0. The fraction of sp³-hybridized carbons (Fsp3) is 0.895. The van der Waals surface area contributed by atoms with Crippen LogP contribution in [0, 0.1) is 0 Å². The third-order valence-electron chi connectivity index (χ3n) is 3.15. The Hall–Kier alpha value is -1.30. The summed E-state index contributed by atoms with van der Waals surface area (Å²) >= 11 is 0. The lowest BCUT2D eigenvalue weighted by atomic mass is 10.5. The van der Waals surface area contributed by atoms with Gasteiger partial charge in [-0.3, -0.25) is 9.59 Å². The first-order valence-electron chi connectivity index (χ1n) is 9.92. The number of carbonyl (C=O) groups is 2.